The predicted molar refractivity (Wildman–Crippen MR) is 56.7 cm³/mol. The van der Waals surface area contributed by atoms with E-state index in [2.05, 4.69) is 10.2 Å². The summed E-state index contributed by atoms with van der Waals surface area (Å²) in [7, 11) is 0. The third-order valence-electron chi connectivity index (χ3n) is 2.25. The van der Waals surface area contributed by atoms with Crippen LogP contribution in [0.15, 0.2) is 0 Å². The van der Waals surface area contributed by atoms with Crippen LogP contribution in [0, 0.1) is 4.77 Å². The van der Waals surface area contributed by atoms with Crippen molar-refractivity contribution >= 4 is 12.2 Å². The number of hydrogen-bond donors (Lipinski definition) is 1. The minimum absolute atomic E-state index is 0.125. The van der Waals surface area contributed by atoms with Crippen molar-refractivity contribution in [3.05, 3.63) is 10.6 Å². The van der Waals surface area contributed by atoms with E-state index in [1.54, 1.807) is 4.57 Å². The summed E-state index contributed by atoms with van der Waals surface area (Å²) in [5.41, 5.74) is 0. The zero-order valence-corrected chi connectivity index (χ0v) is 9.79. The molecule has 0 spiro atoms. The van der Waals surface area contributed by atoms with Gasteiger partial charge in [0.1, 0.15) is 5.82 Å². The maximum absolute atomic E-state index is 11.9. The molecule has 1 rings (SSSR count). The molecular weight excluding hydrogens is 239 g/mol. The number of nitrogens with zero attached hydrogens (tertiary/aromatic N) is 2. The van der Waals surface area contributed by atoms with Crippen molar-refractivity contribution in [2.45, 2.75) is 45.3 Å². The molecular formula is C9H14F3N3S. The maximum atomic E-state index is 11.9. The summed E-state index contributed by atoms with van der Waals surface area (Å²) < 4.78 is 37.9. The molecule has 1 N–H and O–H groups in total. The lowest BCUT2D eigenvalue weighted by Crippen LogP contribution is -2.08. The number of nitrogens with one attached hydrogen (secondary N) is 1. The first kappa shape index (κ1) is 13.2. The molecule has 0 saturated heterocycles. The standard InChI is InChI=1S/C9H14F3N3S/c1-2-7-13-14-8(16)15(7)6-4-3-5-9(10,11)12/h2-6H2,1H3,(H,14,16). The van der Waals surface area contributed by atoms with Gasteiger partial charge in [0.05, 0.1) is 0 Å². The Bertz CT molecular complexity index is 380. The molecule has 92 valence electrons. The number of alkyl halides is 3. The van der Waals surface area contributed by atoms with E-state index in [-0.39, 0.29) is 6.42 Å². The van der Waals surface area contributed by atoms with Crippen molar-refractivity contribution in [2.75, 3.05) is 0 Å². The second-order valence-corrected chi connectivity index (χ2v) is 3.91. The van der Waals surface area contributed by atoms with Crippen LogP contribution in [0.5, 0.6) is 0 Å². The number of aryl methyl sites for hydroxylation is 1. The zero-order valence-electron chi connectivity index (χ0n) is 8.97. The number of H-pyrrole nitrogens is 1. The lowest BCUT2D eigenvalue weighted by atomic mass is 10.2. The maximum Gasteiger partial charge on any atom is 0.389 e. The average molecular weight is 253 g/mol. The number of aromatic amines is 1. The Kier molecular flexibility index (Phi) is 4.52. The van der Waals surface area contributed by atoms with Crippen molar-refractivity contribution in [3.63, 3.8) is 0 Å². The quantitative estimate of drug-likeness (QED) is 0.645. The predicted octanol–water partition coefficient (Wildman–Crippen LogP) is 3.24. The van der Waals surface area contributed by atoms with E-state index in [1.807, 2.05) is 6.92 Å². The van der Waals surface area contributed by atoms with Gasteiger partial charge in [-0.3, -0.25) is 5.10 Å². The van der Waals surface area contributed by atoms with Gasteiger partial charge >= 0.3 is 6.18 Å². The van der Waals surface area contributed by atoms with Crippen molar-refractivity contribution in [1.29, 1.82) is 0 Å². The van der Waals surface area contributed by atoms with Crippen molar-refractivity contribution < 1.29 is 13.2 Å². The van der Waals surface area contributed by atoms with Crippen LogP contribution in [0.1, 0.15) is 32.0 Å². The lowest BCUT2D eigenvalue weighted by Gasteiger charge is -2.07. The third-order valence-corrected chi connectivity index (χ3v) is 2.56. The van der Waals surface area contributed by atoms with Gasteiger partial charge in [-0.15, -0.1) is 0 Å². The highest BCUT2D eigenvalue weighted by Crippen LogP contribution is 2.22. The molecule has 3 nitrogen and oxygen atoms in total. The first-order chi connectivity index (χ1) is 7.44. The fourth-order valence-corrected chi connectivity index (χ4v) is 1.69. The SMILES string of the molecule is CCc1n[nH]c(=S)n1CCCCC(F)(F)F. The van der Waals surface area contributed by atoms with Gasteiger partial charge in [0, 0.05) is 19.4 Å². The van der Waals surface area contributed by atoms with Gasteiger partial charge in [0.15, 0.2) is 4.77 Å². The fraction of sp³-hybridized carbons (Fsp3) is 0.778. The molecule has 7 heteroatoms. The Morgan fingerprint density at radius 2 is 2.06 bits per heavy atom. The Balaban J connectivity index is 2.43. The van der Waals surface area contributed by atoms with Gasteiger partial charge in [0.25, 0.3) is 0 Å². The molecule has 0 aromatic carbocycles. The summed E-state index contributed by atoms with van der Waals surface area (Å²) in [4.78, 5) is 0. The summed E-state index contributed by atoms with van der Waals surface area (Å²) in [6.45, 7) is 2.42. The molecule has 1 aromatic rings. The molecule has 0 aliphatic rings. The number of hydrogen-bond acceptors (Lipinski definition) is 2. The molecule has 0 amide bonds. The average Bonchev–Trinajstić information content (AvgIpc) is 2.53. The van der Waals surface area contributed by atoms with E-state index in [1.165, 1.54) is 0 Å². The molecule has 1 aromatic heterocycles. The zero-order chi connectivity index (χ0) is 12.2. The number of unbranched alkanes of at least 4 members (excludes halogenated alkanes) is 1. The largest absolute Gasteiger partial charge is 0.389 e. The van der Waals surface area contributed by atoms with Gasteiger partial charge in [-0.05, 0) is 25.1 Å². The first-order valence-electron chi connectivity index (χ1n) is 5.15. The van der Waals surface area contributed by atoms with E-state index in [4.69, 9.17) is 12.2 Å². The minimum atomic E-state index is -4.06. The Morgan fingerprint density at radius 3 is 2.62 bits per heavy atom. The van der Waals surface area contributed by atoms with Gasteiger partial charge in [-0.25, -0.2) is 0 Å². The molecule has 0 atom stereocenters. The molecule has 0 aliphatic carbocycles. The smallest absolute Gasteiger partial charge is 0.304 e. The molecule has 0 radical (unpaired) electrons. The van der Waals surface area contributed by atoms with Crippen LogP contribution >= 0.6 is 12.2 Å². The van der Waals surface area contributed by atoms with E-state index in [9.17, 15) is 13.2 Å². The van der Waals surface area contributed by atoms with E-state index in [0.717, 1.165) is 5.82 Å². The van der Waals surface area contributed by atoms with Gasteiger partial charge < -0.3 is 4.57 Å². The van der Waals surface area contributed by atoms with Crippen LogP contribution in [-0.2, 0) is 13.0 Å². The van der Waals surface area contributed by atoms with Crippen molar-refractivity contribution in [3.8, 4) is 0 Å². The lowest BCUT2D eigenvalue weighted by molar-refractivity contribution is -0.135. The highest BCUT2D eigenvalue weighted by Gasteiger charge is 2.25. The Morgan fingerprint density at radius 1 is 1.38 bits per heavy atom. The Hall–Kier alpha value is -0.850. The normalized spacial score (nSPS) is 12.0. The van der Waals surface area contributed by atoms with E-state index in [0.29, 0.717) is 24.2 Å². The second kappa shape index (κ2) is 5.47. The summed E-state index contributed by atoms with van der Waals surface area (Å²) in [6.07, 6.45) is -3.50. The van der Waals surface area contributed by atoms with E-state index >= 15 is 0 Å². The first-order valence-corrected chi connectivity index (χ1v) is 5.55. The second-order valence-electron chi connectivity index (χ2n) is 3.52. The van der Waals surface area contributed by atoms with Crippen LogP contribution in [-0.4, -0.2) is 20.9 Å². The number of rotatable bonds is 5. The number of aromatic nitrogens is 3. The molecule has 0 unspecified atom stereocenters. The van der Waals surface area contributed by atoms with Crippen molar-refractivity contribution in [2.24, 2.45) is 0 Å². The summed E-state index contributed by atoms with van der Waals surface area (Å²) in [6, 6.07) is 0. The van der Waals surface area contributed by atoms with Crippen LogP contribution in [0.25, 0.3) is 0 Å². The van der Waals surface area contributed by atoms with Crippen LogP contribution in [0.3, 0.4) is 0 Å². The monoisotopic (exact) mass is 253 g/mol. The minimum Gasteiger partial charge on any atom is -0.304 e. The summed E-state index contributed by atoms with van der Waals surface area (Å²) in [5, 5.41) is 6.62. The van der Waals surface area contributed by atoms with Gasteiger partial charge in [0.2, 0.25) is 0 Å². The fourth-order valence-electron chi connectivity index (χ4n) is 1.45. The van der Waals surface area contributed by atoms with Gasteiger partial charge in [-0.1, -0.05) is 6.92 Å². The molecule has 0 fully saturated rings. The molecule has 0 aliphatic heterocycles. The molecule has 16 heavy (non-hydrogen) atoms. The highest BCUT2D eigenvalue weighted by molar-refractivity contribution is 7.71. The van der Waals surface area contributed by atoms with Crippen LogP contribution in [0.4, 0.5) is 13.2 Å². The van der Waals surface area contributed by atoms with Crippen LogP contribution in [0.2, 0.25) is 0 Å². The van der Waals surface area contributed by atoms with E-state index < -0.39 is 12.6 Å². The van der Waals surface area contributed by atoms with Gasteiger partial charge in [-0.2, -0.15) is 18.3 Å². The Labute approximate surface area is 96.7 Å². The number of halogens is 3. The third kappa shape index (κ3) is 3.96. The van der Waals surface area contributed by atoms with Crippen LogP contribution < -0.4 is 0 Å². The summed E-state index contributed by atoms with van der Waals surface area (Å²) >= 11 is 4.98. The molecule has 0 saturated carbocycles. The summed E-state index contributed by atoms with van der Waals surface area (Å²) in [5.74, 6) is 0.789. The molecule has 0 bridgehead atoms. The van der Waals surface area contributed by atoms with Crippen molar-refractivity contribution in [1.82, 2.24) is 14.8 Å². The molecule has 1 heterocycles. The topological polar surface area (TPSA) is 33.6 Å². The highest BCUT2D eigenvalue weighted by atomic mass is 32.1.